The number of ether oxygens (including phenoxy) is 2. The number of hydrogen-bond donors (Lipinski definition) is 0. The van der Waals surface area contributed by atoms with E-state index in [-0.39, 0.29) is 11.6 Å². The Labute approximate surface area is 232 Å². The summed E-state index contributed by atoms with van der Waals surface area (Å²) in [6.45, 7) is 22.3. The van der Waals surface area contributed by atoms with E-state index < -0.39 is 0 Å². The Balaban J connectivity index is 0.000000254. The molecule has 0 N–H and O–H groups in total. The first kappa shape index (κ1) is 34.8. The van der Waals surface area contributed by atoms with Gasteiger partial charge >= 0.3 is 0 Å². The Hall–Kier alpha value is -1.23. The van der Waals surface area contributed by atoms with Crippen molar-refractivity contribution in [3.05, 3.63) is 0 Å². The van der Waals surface area contributed by atoms with Crippen molar-refractivity contribution in [3.8, 4) is 0 Å². The minimum atomic E-state index is 0.238. The van der Waals surface area contributed by atoms with Crippen molar-refractivity contribution < 1.29 is 23.9 Å². The number of nitrogens with zero attached hydrogens (tertiary/aromatic N) is 4. The first-order valence-electron chi connectivity index (χ1n) is 14.8. The Bertz CT molecular complexity index is 592. The van der Waals surface area contributed by atoms with Crippen LogP contribution in [-0.4, -0.2) is 142 Å². The summed E-state index contributed by atoms with van der Waals surface area (Å²) in [5.74, 6) is 0.820. The number of piperidine rings is 1. The van der Waals surface area contributed by atoms with Gasteiger partial charge in [0.05, 0.1) is 46.1 Å². The van der Waals surface area contributed by atoms with Gasteiger partial charge in [0.1, 0.15) is 17.3 Å². The van der Waals surface area contributed by atoms with Crippen LogP contribution in [0, 0.1) is 0 Å². The van der Waals surface area contributed by atoms with Crippen LogP contribution >= 0.6 is 0 Å². The standard InChI is InChI=1S/C8H15NO.C7H13NO2.C7H13NO.C7H15NO/c1-8(10)7-9-5-3-2-4-6-9;1-7(9)6-8-2-4-10-5-3-8;1-7(9)6-8-4-2-3-5-8;1-2-3-8-4-6-9-7-5-8/h2-7H2,1H3;2-6H2,1H3;2-6H2,1H3;2-7H2,1H3. The van der Waals surface area contributed by atoms with E-state index in [0.717, 1.165) is 78.8 Å². The van der Waals surface area contributed by atoms with Crippen molar-refractivity contribution in [2.24, 2.45) is 0 Å². The topological polar surface area (TPSA) is 82.6 Å². The number of rotatable bonds is 8. The lowest BCUT2D eigenvalue weighted by molar-refractivity contribution is -0.119. The van der Waals surface area contributed by atoms with E-state index in [1.807, 2.05) is 0 Å². The van der Waals surface area contributed by atoms with E-state index in [4.69, 9.17) is 9.47 Å². The van der Waals surface area contributed by atoms with Crippen LogP contribution in [0.4, 0.5) is 0 Å². The lowest BCUT2D eigenvalue weighted by Crippen LogP contribution is -2.38. The van der Waals surface area contributed by atoms with Crippen molar-refractivity contribution in [1.29, 1.82) is 0 Å². The molecule has 9 nitrogen and oxygen atoms in total. The average Bonchev–Trinajstić information content (AvgIpc) is 3.39. The lowest BCUT2D eigenvalue weighted by atomic mass is 10.1. The van der Waals surface area contributed by atoms with Crippen LogP contribution in [0.3, 0.4) is 0 Å². The molecule has 4 saturated heterocycles. The SMILES string of the molecule is CC(=O)CN1CCCC1.CC(=O)CN1CCCCC1.CC(=O)CN1CCOCC1.CCCN1CCOCC1. The molecule has 0 aliphatic carbocycles. The zero-order valence-corrected chi connectivity index (χ0v) is 24.9. The summed E-state index contributed by atoms with van der Waals surface area (Å²) in [6.07, 6.45) is 7.69. The fraction of sp³-hybridized carbons (Fsp3) is 0.897. The Morgan fingerprint density at radius 1 is 0.500 bits per heavy atom. The number of likely N-dealkylation sites (tertiary alicyclic amines) is 2. The molecular weight excluding hydrogens is 484 g/mol. The van der Waals surface area contributed by atoms with E-state index >= 15 is 0 Å². The monoisotopic (exact) mass is 540 g/mol. The van der Waals surface area contributed by atoms with Crippen molar-refractivity contribution in [2.75, 3.05) is 105 Å². The quantitative estimate of drug-likeness (QED) is 0.461. The van der Waals surface area contributed by atoms with Gasteiger partial charge in [0.2, 0.25) is 0 Å². The Morgan fingerprint density at radius 2 is 0.816 bits per heavy atom. The van der Waals surface area contributed by atoms with Crippen LogP contribution in [0.2, 0.25) is 0 Å². The molecule has 0 bridgehead atoms. The smallest absolute Gasteiger partial charge is 0.143 e. The first-order chi connectivity index (χ1) is 18.3. The molecule has 4 aliphatic rings. The molecular formula is C29H56N4O5. The van der Waals surface area contributed by atoms with Crippen molar-refractivity contribution >= 4 is 17.3 Å². The van der Waals surface area contributed by atoms with E-state index in [1.54, 1.807) is 20.8 Å². The van der Waals surface area contributed by atoms with Gasteiger partial charge in [-0.1, -0.05) is 13.3 Å². The molecule has 4 rings (SSSR count). The largest absolute Gasteiger partial charge is 0.379 e. The first-order valence-corrected chi connectivity index (χ1v) is 14.8. The normalized spacial score (nSPS) is 21.2. The van der Waals surface area contributed by atoms with E-state index in [2.05, 4.69) is 26.5 Å². The number of ketones is 3. The predicted molar refractivity (Wildman–Crippen MR) is 153 cm³/mol. The van der Waals surface area contributed by atoms with E-state index in [9.17, 15) is 14.4 Å². The molecule has 9 heteroatoms. The van der Waals surface area contributed by atoms with E-state index in [0.29, 0.717) is 25.4 Å². The van der Waals surface area contributed by atoms with Gasteiger partial charge in [-0.15, -0.1) is 0 Å². The van der Waals surface area contributed by atoms with Crippen molar-refractivity contribution in [2.45, 2.75) is 66.2 Å². The summed E-state index contributed by atoms with van der Waals surface area (Å²) in [7, 11) is 0. The molecule has 38 heavy (non-hydrogen) atoms. The zero-order chi connectivity index (χ0) is 28.0. The van der Waals surface area contributed by atoms with Gasteiger partial charge in [-0.05, 0) is 85.6 Å². The summed E-state index contributed by atoms with van der Waals surface area (Å²) < 4.78 is 10.3. The minimum Gasteiger partial charge on any atom is -0.379 e. The molecule has 0 atom stereocenters. The maximum absolute atomic E-state index is 10.7. The fourth-order valence-electron chi connectivity index (χ4n) is 4.90. The summed E-state index contributed by atoms with van der Waals surface area (Å²) >= 11 is 0. The second kappa shape index (κ2) is 22.6. The van der Waals surface area contributed by atoms with Crippen molar-refractivity contribution in [3.63, 3.8) is 0 Å². The Morgan fingerprint density at radius 3 is 1.16 bits per heavy atom. The molecule has 0 spiro atoms. The van der Waals surface area contributed by atoms with Gasteiger partial charge in [-0.3, -0.25) is 34.0 Å². The summed E-state index contributed by atoms with van der Waals surface area (Å²) in [6, 6.07) is 0. The minimum absolute atomic E-state index is 0.238. The molecule has 0 aromatic heterocycles. The third-order valence-electron chi connectivity index (χ3n) is 6.73. The molecule has 0 aromatic carbocycles. The molecule has 0 amide bonds. The molecule has 4 heterocycles. The van der Waals surface area contributed by atoms with Crippen LogP contribution in [0.15, 0.2) is 0 Å². The van der Waals surface area contributed by atoms with Gasteiger partial charge < -0.3 is 9.47 Å². The van der Waals surface area contributed by atoms with Crippen LogP contribution in [0.1, 0.15) is 66.2 Å². The number of carbonyl (C=O) groups is 3. The number of hydrogen-bond acceptors (Lipinski definition) is 9. The summed E-state index contributed by atoms with van der Waals surface area (Å²) in [5, 5.41) is 0. The fourth-order valence-corrected chi connectivity index (χ4v) is 4.90. The van der Waals surface area contributed by atoms with Crippen LogP contribution in [-0.2, 0) is 23.9 Å². The highest BCUT2D eigenvalue weighted by Crippen LogP contribution is 2.07. The number of carbonyl (C=O) groups excluding carboxylic acids is 3. The van der Waals surface area contributed by atoms with Gasteiger partial charge in [0.25, 0.3) is 0 Å². The predicted octanol–water partition coefficient (Wildman–Crippen LogP) is 2.37. The van der Waals surface area contributed by atoms with Crippen LogP contribution < -0.4 is 0 Å². The molecule has 4 fully saturated rings. The van der Waals surface area contributed by atoms with Gasteiger partial charge in [-0.25, -0.2) is 0 Å². The highest BCUT2D eigenvalue weighted by Gasteiger charge is 2.13. The maximum atomic E-state index is 10.7. The third kappa shape index (κ3) is 19.8. The molecule has 0 aromatic rings. The molecule has 4 aliphatic heterocycles. The third-order valence-corrected chi connectivity index (χ3v) is 6.73. The molecule has 0 saturated carbocycles. The average molecular weight is 541 g/mol. The summed E-state index contributed by atoms with van der Waals surface area (Å²) in [5.41, 5.74) is 0. The molecule has 0 unspecified atom stereocenters. The highest BCUT2D eigenvalue weighted by molar-refractivity contribution is 5.78. The maximum Gasteiger partial charge on any atom is 0.143 e. The van der Waals surface area contributed by atoms with Crippen LogP contribution in [0.5, 0.6) is 0 Å². The second-order valence-electron chi connectivity index (χ2n) is 10.8. The lowest BCUT2D eigenvalue weighted by Gasteiger charge is -2.25. The number of morpholine rings is 2. The zero-order valence-electron chi connectivity index (χ0n) is 24.9. The molecule has 222 valence electrons. The van der Waals surface area contributed by atoms with Gasteiger partial charge in [0.15, 0.2) is 0 Å². The van der Waals surface area contributed by atoms with Crippen molar-refractivity contribution in [1.82, 2.24) is 19.6 Å². The van der Waals surface area contributed by atoms with Crippen LogP contribution in [0.25, 0.3) is 0 Å². The van der Waals surface area contributed by atoms with E-state index in [1.165, 1.54) is 45.1 Å². The second-order valence-corrected chi connectivity index (χ2v) is 10.8. The molecule has 0 radical (unpaired) electrons. The van der Waals surface area contributed by atoms with Gasteiger partial charge in [0, 0.05) is 26.2 Å². The summed E-state index contributed by atoms with van der Waals surface area (Å²) in [4.78, 5) is 40.9. The van der Waals surface area contributed by atoms with Gasteiger partial charge in [-0.2, -0.15) is 0 Å². The highest BCUT2D eigenvalue weighted by atomic mass is 16.5. The Kier molecular flexibility index (Phi) is 20.7. The number of Topliss-reactive ketones (excluding diaryl/α,β-unsaturated/α-hetero) is 3.